The summed E-state index contributed by atoms with van der Waals surface area (Å²) in [5.74, 6) is 0.599. The molecule has 156 valence electrons. The van der Waals surface area contributed by atoms with E-state index in [2.05, 4.69) is 38.1 Å². The van der Waals surface area contributed by atoms with Crippen LogP contribution < -0.4 is 15.8 Å². The molecule has 8 nitrogen and oxygen atoms in total. The maximum Gasteiger partial charge on any atom is 0.409 e. The van der Waals surface area contributed by atoms with Crippen molar-refractivity contribution in [2.45, 2.75) is 19.8 Å². The van der Waals surface area contributed by atoms with Crippen molar-refractivity contribution in [2.24, 2.45) is 7.05 Å². The first-order chi connectivity index (χ1) is 14.0. The number of ether oxygens (including phenoxy) is 1. The van der Waals surface area contributed by atoms with Crippen LogP contribution in [0.5, 0.6) is 0 Å². The van der Waals surface area contributed by atoms with Gasteiger partial charge in [0.2, 0.25) is 0 Å². The van der Waals surface area contributed by atoms with Crippen LogP contribution in [0, 0.1) is 0 Å². The molecule has 1 saturated heterocycles. The lowest BCUT2D eigenvalue weighted by Crippen LogP contribution is -2.49. The average Bonchev–Trinajstić information content (AvgIpc) is 2.72. The summed E-state index contributed by atoms with van der Waals surface area (Å²) in [6.07, 6.45) is 5.16. The van der Waals surface area contributed by atoms with Crippen molar-refractivity contribution < 1.29 is 9.53 Å². The van der Waals surface area contributed by atoms with E-state index >= 15 is 0 Å². The monoisotopic (exact) mass is 463 g/mol. The molecule has 2 aromatic heterocycles. The highest BCUT2D eigenvalue weighted by molar-refractivity contribution is 9.10. The molecule has 0 atom stereocenters. The molecule has 0 bridgehead atoms. The summed E-state index contributed by atoms with van der Waals surface area (Å²) in [7, 11) is 1.70. The predicted molar refractivity (Wildman–Crippen MR) is 117 cm³/mol. The van der Waals surface area contributed by atoms with Crippen LogP contribution in [0.4, 0.5) is 22.0 Å². The lowest BCUT2D eigenvalue weighted by Gasteiger charge is -2.35. The zero-order valence-electron chi connectivity index (χ0n) is 16.7. The van der Waals surface area contributed by atoms with E-state index in [0.29, 0.717) is 31.2 Å². The maximum absolute atomic E-state index is 12.2. The van der Waals surface area contributed by atoms with Crippen LogP contribution in [-0.4, -0.2) is 53.3 Å². The Morgan fingerprint density at radius 2 is 2.03 bits per heavy atom. The van der Waals surface area contributed by atoms with Crippen molar-refractivity contribution in [2.75, 3.05) is 43.0 Å². The summed E-state index contributed by atoms with van der Waals surface area (Å²) in [5.41, 5.74) is 1.31. The van der Waals surface area contributed by atoms with E-state index in [-0.39, 0.29) is 11.7 Å². The highest BCUT2D eigenvalue weighted by Gasteiger charge is 2.22. The van der Waals surface area contributed by atoms with E-state index in [1.165, 1.54) is 4.57 Å². The smallest absolute Gasteiger partial charge is 0.409 e. The van der Waals surface area contributed by atoms with Gasteiger partial charge in [-0.2, -0.15) is 0 Å². The molecular formula is C20H26BrN5O3. The second-order valence-corrected chi connectivity index (χ2v) is 7.87. The molecule has 9 heteroatoms. The van der Waals surface area contributed by atoms with Crippen molar-refractivity contribution in [3.8, 4) is 0 Å². The fourth-order valence-electron chi connectivity index (χ4n) is 3.09. The average molecular weight is 464 g/mol. The Morgan fingerprint density at radius 1 is 1.28 bits per heavy atom. The summed E-state index contributed by atoms with van der Waals surface area (Å²) in [4.78, 5) is 32.6. The number of unbranched alkanes of at least 4 members (excludes halogenated alkanes) is 1. The molecule has 0 spiro atoms. The summed E-state index contributed by atoms with van der Waals surface area (Å²) < 4.78 is 7.60. The van der Waals surface area contributed by atoms with Crippen molar-refractivity contribution in [1.29, 1.82) is 0 Å². The summed E-state index contributed by atoms with van der Waals surface area (Å²) in [5, 5.41) is 3.07. The first-order valence-corrected chi connectivity index (χ1v) is 10.5. The minimum absolute atomic E-state index is 0.124. The Kier molecular flexibility index (Phi) is 7.13. The predicted octanol–water partition coefficient (Wildman–Crippen LogP) is 3.35. The van der Waals surface area contributed by atoms with Gasteiger partial charge in [0, 0.05) is 43.9 Å². The maximum atomic E-state index is 12.2. The van der Waals surface area contributed by atoms with E-state index in [1.807, 2.05) is 12.1 Å². The Morgan fingerprint density at radius 3 is 2.69 bits per heavy atom. The highest BCUT2D eigenvalue weighted by Crippen LogP contribution is 2.20. The third kappa shape index (κ3) is 5.50. The van der Waals surface area contributed by atoms with E-state index in [1.54, 1.807) is 30.4 Å². The number of carbonyl (C=O) groups is 1. The van der Waals surface area contributed by atoms with Crippen LogP contribution in [0.2, 0.25) is 0 Å². The summed E-state index contributed by atoms with van der Waals surface area (Å²) in [6, 6.07) is 5.55. The third-order valence-corrected chi connectivity index (χ3v) is 5.22. The van der Waals surface area contributed by atoms with Gasteiger partial charge < -0.3 is 24.4 Å². The second-order valence-electron chi connectivity index (χ2n) is 6.96. The number of hydrogen-bond acceptors (Lipinski definition) is 6. The standard InChI is InChI=1S/C20H26BrN5O3/c1-3-4-11-29-20(28)26-9-7-25(8-10-26)16-5-6-18(22-13-16)23-17-12-15(21)14-24(2)19(17)27/h5-6,12-14H,3-4,7-11H2,1-2H3,(H,22,23). The zero-order chi connectivity index (χ0) is 20.8. The Hall–Kier alpha value is -2.55. The lowest BCUT2D eigenvalue weighted by atomic mass is 10.3. The van der Waals surface area contributed by atoms with Gasteiger partial charge in [0.25, 0.3) is 5.56 Å². The van der Waals surface area contributed by atoms with Gasteiger partial charge in [-0.3, -0.25) is 4.79 Å². The molecule has 1 fully saturated rings. The molecule has 0 saturated carbocycles. The molecule has 0 unspecified atom stereocenters. The number of amides is 1. The zero-order valence-corrected chi connectivity index (χ0v) is 18.3. The van der Waals surface area contributed by atoms with Gasteiger partial charge in [-0.1, -0.05) is 13.3 Å². The number of piperazine rings is 1. The molecule has 1 amide bonds. The topological polar surface area (TPSA) is 79.7 Å². The van der Waals surface area contributed by atoms with E-state index in [0.717, 1.165) is 36.1 Å². The number of pyridine rings is 2. The number of nitrogens with zero attached hydrogens (tertiary/aromatic N) is 4. The van der Waals surface area contributed by atoms with Crippen LogP contribution in [0.1, 0.15) is 19.8 Å². The minimum Gasteiger partial charge on any atom is -0.449 e. The minimum atomic E-state index is -0.230. The largest absolute Gasteiger partial charge is 0.449 e. The molecule has 1 aliphatic heterocycles. The molecule has 2 aromatic rings. The van der Waals surface area contributed by atoms with E-state index in [9.17, 15) is 9.59 Å². The molecule has 3 rings (SSSR count). The number of anilines is 3. The van der Waals surface area contributed by atoms with Crippen molar-refractivity contribution in [3.05, 3.63) is 45.4 Å². The molecule has 0 radical (unpaired) electrons. The Balaban J connectivity index is 1.56. The molecule has 0 aromatic carbocycles. The molecule has 1 N–H and O–H groups in total. The van der Waals surface area contributed by atoms with E-state index < -0.39 is 0 Å². The number of halogens is 1. The van der Waals surface area contributed by atoms with E-state index in [4.69, 9.17) is 4.74 Å². The number of rotatable bonds is 6. The first kappa shape index (κ1) is 21.2. The van der Waals surface area contributed by atoms with Gasteiger partial charge in [-0.05, 0) is 40.5 Å². The normalized spacial score (nSPS) is 14.0. The Bertz CT molecular complexity index is 892. The number of nitrogens with one attached hydrogen (secondary N) is 1. The Labute approximate surface area is 178 Å². The molecule has 0 aliphatic carbocycles. The molecular weight excluding hydrogens is 438 g/mol. The molecule has 1 aliphatic rings. The molecule has 29 heavy (non-hydrogen) atoms. The number of carbonyl (C=O) groups excluding carboxylic acids is 1. The SMILES string of the molecule is CCCCOC(=O)N1CCN(c2ccc(Nc3cc(Br)cn(C)c3=O)nc2)CC1. The summed E-state index contributed by atoms with van der Waals surface area (Å²) >= 11 is 3.39. The van der Waals surface area contributed by atoms with Gasteiger partial charge in [0.15, 0.2) is 0 Å². The number of aryl methyl sites for hydroxylation is 1. The lowest BCUT2D eigenvalue weighted by molar-refractivity contribution is 0.0989. The number of hydrogen-bond donors (Lipinski definition) is 1. The van der Waals surface area contributed by atoms with Crippen molar-refractivity contribution in [1.82, 2.24) is 14.5 Å². The van der Waals surface area contributed by atoms with Crippen LogP contribution in [0.15, 0.2) is 39.9 Å². The van der Waals surface area contributed by atoms with Crippen LogP contribution >= 0.6 is 15.9 Å². The van der Waals surface area contributed by atoms with Crippen LogP contribution in [0.3, 0.4) is 0 Å². The summed E-state index contributed by atoms with van der Waals surface area (Å²) in [6.45, 7) is 5.25. The van der Waals surface area contributed by atoms with Gasteiger partial charge in [-0.25, -0.2) is 9.78 Å². The third-order valence-electron chi connectivity index (χ3n) is 4.79. The van der Waals surface area contributed by atoms with Crippen molar-refractivity contribution in [3.63, 3.8) is 0 Å². The van der Waals surface area contributed by atoms with Gasteiger partial charge >= 0.3 is 6.09 Å². The second kappa shape index (κ2) is 9.78. The van der Waals surface area contributed by atoms with Gasteiger partial charge in [-0.15, -0.1) is 0 Å². The fourth-order valence-corrected chi connectivity index (χ4v) is 3.62. The fraction of sp³-hybridized carbons (Fsp3) is 0.450. The quantitative estimate of drug-likeness (QED) is 0.661. The van der Waals surface area contributed by atoms with Crippen LogP contribution in [-0.2, 0) is 11.8 Å². The van der Waals surface area contributed by atoms with Crippen molar-refractivity contribution >= 4 is 39.2 Å². The highest BCUT2D eigenvalue weighted by atomic mass is 79.9. The number of aromatic nitrogens is 2. The van der Waals surface area contributed by atoms with Gasteiger partial charge in [0.05, 0.1) is 18.5 Å². The molecule has 3 heterocycles. The van der Waals surface area contributed by atoms with Gasteiger partial charge in [0.1, 0.15) is 11.5 Å². The van der Waals surface area contributed by atoms with Crippen LogP contribution in [0.25, 0.3) is 0 Å². The first-order valence-electron chi connectivity index (χ1n) is 9.74.